The number of methoxy groups -OCH3 is 1. The zero-order valence-corrected chi connectivity index (χ0v) is 21.8. The number of aromatic nitrogens is 2. The predicted octanol–water partition coefficient (Wildman–Crippen LogP) is 3.50. The standard InChI is InChI=1S/C26H30ClN5O3S/c1-35-18-3-4-22-20(12-18)19(21(27)14-28-22)6-9-32-10-7-26(16-33,8-11-32)29-13-17-2-5-23-25(30-17)31-24(34)15-36-23/h2-5,12,14,29,33H,6-11,13,15-16H2,1H3,(H,30,31,34). The lowest BCUT2D eigenvalue weighted by atomic mass is 9.88. The van der Waals surface area contributed by atoms with Crippen LogP contribution in [0.5, 0.6) is 5.75 Å². The second kappa shape index (κ2) is 10.9. The Morgan fingerprint density at radius 2 is 2.11 bits per heavy atom. The number of carbonyl (C=O) groups is 1. The van der Waals surface area contributed by atoms with Gasteiger partial charge in [0.15, 0.2) is 0 Å². The Labute approximate surface area is 219 Å². The third kappa shape index (κ3) is 5.45. The van der Waals surface area contributed by atoms with Crippen LogP contribution in [0.3, 0.4) is 0 Å². The Bertz CT molecular complexity index is 1270. The molecular formula is C26H30ClN5O3S. The van der Waals surface area contributed by atoms with Gasteiger partial charge in [0.05, 0.1) is 40.6 Å². The van der Waals surface area contributed by atoms with Gasteiger partial charge < -0.3 is 25.4 Å². The Kier molecular flexibility index (Phi) is 7.64. The van der Waals surface area contributed by atoms with Gasteiger partial charge in [0.2, 0.25) is 5.91 Å². The second-order valence-electron chi connectivity index (χ2n) is 9.34. The third-order valence-electron chi connectivity index (χ3n) is 7.10. The molecule has 1 saturated heterocycles. The molecule has 0 radical (unpaired) electrons. The van der Waals surface area contributed by atoms with Gasteiger partial charge in [0.1, 0.15) is 11.6 Å². The topological polar surface area (TPSA) is 99.6 Å². The number of aliphatic hydroxyl groups is 1. The van der Waals surface area contributed by atoms with Crippen LogP contribution in [0.25, 0.3) is 10.9 Å². The SMILES string of the molecule is COc1ccc2ncc(Cl)c(CCN3CCC(CO)(NCc4ccc5c(n4)NC(=O)CS5)CC3)c2c1. The van der Waals surface area contributed by atoms with Crippen molar-refractivity contribution in [1.82, 2.24) is 20.2 Å². The molecule has 2 aromatic heterocycles. The van der Waals surface area contributed by atoms with E-state index in [1.807, 2.05) is 30.3 Å². The summed E-state index contributed by atoms with van der Waals surface area (Å²) in [5, 5.41) is 18.3. The van der Waals surface area contributed by atoms with Crippen LogP contribution in [0.1, 0.15) is 24.1 Å². The van der Waals surface area contributed by atoms with E-state index in [4.69, 9.17) is 16.3 Å². The number of anilines is 1. The molecule has 0 atom stereocenters. The molecule has 5 rings (SSSR count). The molecule has 0 unspecified atom stereocenters. The third-order valence-corrected chi connectivity index (χ3v) is 8.48. The lowest BCUT2D eigenvalue weighted by Gasteiger charge is -2.41. The molecule has 1 amide bonds. The Hall–Kier alpha value is -2.43. The molecule has 2 aliphatic heterocycles. The van der Waals surface area contributed by atoms with Crippen molar-refractivity contribution < 1.29 is 14.6 Å². The van der Waals surface area contributed by atoms with E-state index in [-0.39, 0.29) is 18.1 Å². The highest BCUT2D eigenvalue weighted by Gasteiger charge is 2.33. The summed E-state index contributed by atoms with van der Waals surface area (Å²) in [5.74, 6) is 1.82. The predicted molar refractivity (Wildman–Crippen MR) is 143 cm³/mol. The first-order valence-corrected chi connectivity index (χ1v) is 13.5. The minimum Gasteiger partial charge on any atom is -0.497 e. The van der Waals surface area contributed by atoms with Crippen molar-refractivity contribution in [1.29, 1.82) is 0 Å². The minimum atomic E-state index is -0.347. The van der Waals surface area contributed by atoms with Gasteiger partial charge in [-0.15, -0.1) is 11.8 Å². The molecule has 0 spiro atoms. The van der Waals surface area contributed by atoms with Gasteiger partial charge in [-0.05, 0) is 68.2 Å². The average molecular weight is 528 g/mol. The number of carbonyl (C=O) groups excluding carboxylic acids is 1. The summed E-state index contributed by atoms with van der Waals surface area (Å²) in [4.78, 5) is 24.1. The van der Waals surface area contributed by atoms with E-state index in [2.05, 4.69) is 25.5 Å². The lowest BCUT2D eigenvalue weighted by Crippen LogP contribution is -2.55. The monoisotopic (exact) mass is 527 g/mol. The highest BCUT2D eigenvalue weighted by atomic mass is 35.5. The molecule has 36 heavy (non-hydrogen) atoms. The number of thioether (sulfide) groups is 1. The molecule has 0 bridgehead atoms. The lowest BCUT2D eigenvalue weighted by molar-refractivity contribution is -0.113. The second-order valence-corrected chi connectivity index (χ2v) is 10.8. The summed E-state index contributed by atoms with van der Waals surface area (Å²) in [6, 6.07) is 9.85. The van der Waals surface area contributed by atoms with Crippen molar-refractivity contribution in [2.45, 2.75) is 36.2 Å². The zero-order valence-electron chi connectivity index (χ0n) is 20.2. The number of hydrogen-bond acceptors (Lipinski definition) is 8. The molecule has 1 aromatic carbocycles. The maximum atomic E-state index is 11.7. The number of piperidine rings is 1. The summed E-state index contributed by atoms with van der Waals surface area (Å²) in [5.41, 5.74) is 2.50. The first-order valence-electron chi connectivity index (χ1n) is 12.1. The molecular weight excluding hydrogens is 498 g/mol. The van der Waals surface area contributed by atoms with Crippen LogP contribution < -0.4 is 15.4 Å². The van der Waals surface area contributed by atoms with Crippen LogP contribution in [0, 0.1) is 0 Å². The van der Waals surface area contributed by atoms with Gasteiger partial charge >= 0.3 is 0 Å². The van der Waals surface area contributed by atoms with E-state index in [1.165, 1.54) is 11.8 Å². The van der Waals surface area contributed by atoms with Crippen molar-refractivity contribution >= 4 is 46.0 Å². The highest BCUT2D eigenvalue weighted by molar-refractivity contribution is 8.00. The number of ether oxygens (including phenoxy) is 1. The molecule has 4 heterocycles. The van der Waals surface area contributed by atoms with Crippen LogP contribution in [0.2, 0.25) is 5.02 Å². The molecule has 1 fully saturated rings. The molecule has 3 aromatic rings. The van der Waals surface area contributed by atoms with Gasteiger partial charge in [-0.3, -0.25) is 9.78 Å². The number of likely N-dealkylation sites (tertiary alicyclic amines) is 1. The Morgan fingerprint density at radius 1 is 1.28 bits per heavy atom. The maximum Gasteiger partial charge on any atom is 0.235 e. The van der Waals surface area contributed by atoms with Crippen molar-refractivity contribution in [2.75, 3.05) is 44.4 Å². The Balaban J connectivity index is 1.19. The fourth-order valence-corrected chi connectivity index (χ4v) is 5.83. The van der Waals surface area contributed by atoms with Gasteiger partial charge in [-0.1, -0.05) is 11.6 Å². The van der Waals surface area contributed by atoms with Crippen LogP contribution in [0.15, 0.2) is 41.4 Å². The zero-order chi connectivity index (χ0) is 25.1. The molecule has 8 nitrogen and oxygen atoms in total. The van der Waals surface area contributed by atoms with E-state index in [9.17, 15) is 9.90 Å². The molecule has 10 heteroatoms. The van der Waals surface area contributed by atoms with E-state index in [1.54, 1.807) is 13.3 Å². The number of benzene rings is 1. The number of rotatable bonds is 8. The van der Waals surface area contributed by atoms with Gasteiger partial charge in [0, 0.05) is 30.2 Å². The highest BCUT2D eigenvalue weighted by Crippen LogP contribution is 2.31. The van der Waals surface area contributed by atoms with E-state index >= 15 is 0 Å². The molecule has 0 saturated carbocycles. The van der Waals surface area contributed by atoms with Crippen LogP contribution in [-0.2, 0) is 17.8 Å². The van der Waals surface area contributed by atoms with Gasteiger partial charge in [-0.2, -0.15) is 0 Å². The van der Waals surface area contributed by atoms with E-state index in [0.717, 1.165) is 71.7 Å². The van der Waals surface area contributed by atoms with Gasteiger partial charge in [-0.25, -0.2) is 4.98 Å². The van der Waals surface area contributed by atoms with Crippen molar-refractivity contribution in [3.63, 3.8) is 0 Å². The number of pyridine rings is 2. The largest absolute Gasteiger partial charge is 0.497 e. The summed E-state index contributed by atoms with van der Waals surface area (Å²) >= 11 is 8.04. The summed E-state index contributed by atoms with van der Waals surface area (Å²) in [6.45, 7) is 3.23. The van der Waals surface area contributed by atoms with Crippen molar-refractivity contribution in [3.8, 4) is 5.75 Å². The van der Waals surface area contributed by atoms with Crippen LogP contribution in [-0.4, -0.2) is 70.5 Å². The fourth-order valence-electron chi connectivity index (χ4n) is 4.83. The Morgan fingerprint density at radius 3 is 2.89 bits per heavy atom. The number of nitrogens with zero attached hydrogens (tertiary/aromatic N) is 3. The molecule has 2 aliphatic rings. The maximum absolute atomic E-state index is 11.7. The van der Waals surface area contributed by atoms with E-state index < -0.39 is 0 Å². The van der Waals surface area contributed by atoms with E-state index in [0.29, 0.717) is 23.1 Å². The fraction of sp³-hybridized carbons (Fsp3) is 0.423. The minimum absolute atomic E-state index is 0.0236. The van der Waals surface area contributed by atoms with Crippen LogP contribution >= 0.6 is 23.4 Å². The number of hydrogen-bond donors (Lipinski definition) is 3. The van der Waals surface area contributed by atoms with Crippen LogP contribution in [0.4, 0.5) is 5.82 Å². The summed E-state index contributed by atoms with van der Waals surface area (Å²) in [6.07, 6.45) is 4.20. The molecule has 3 N–H and O–H groups in total. The first kappa shape index (κ1) is 25.2. The number of fused-ring (bicyclic) bond motifs is 2. The number of amides is 1. The van der Waals surface area contributed by atoms with Gasteiger partial charge in [0.25, 0.3) is 0 Å². The van der Waals surface area contributed by atoms with Crippen molar-refractivity contribution in [3.05, 3.63) is 52.8 Å². The summed E-state index contributed by atoms with van der Waals surface area (Å²) in [7, 11) is 1.66. The first-order chi connectivity index (χ1) is 17.5. The normalized spacial score (nSPS) is 17.6. The van der Waals surface area contributed by atoms with Crippen molar-refractivity contribution in [2.24, 2.45) is 0 Å². The summed E-state index contributed by atoms with van der Waals surface area (Å²) < 4.78 is 5.40. The molecule has 190 valence electrons. The number of nitrogens with one attached hydrogen (secondary N) is 2. The number of aliphatic hydroxyl groups excluding tert-OH is 1. The molecule has 0 aliphatic carbocycles. The smallest absolute Gasteiger partial charge is 0.235 e. The number of halogens is 1. The quantitative estimate of drug-likeness (QED) is 0.409. The average Bonchev–Trinajstić information content (AvgIpc) is 2.91.